The zero-order valence-corrected chi connectivity index (χ0v) is 17.1. The van der Waals surface area contributed by atoms with E-state index in [-0.39, 0.29) is 24.4 Å². The molecule has 0 bridgehead atoms. The van der Waals surface area contributed by atoms with Crippen molar-refractivity contribution in [3.63, 3.8) is 0 Å². The third-order valence-electron chi connectivity index (χ3n) is 5.40. The number of thiophene rings is 1. The summed E-state index contributed by atoms with van der Waals surface area (Å²) in [5, 5.41) is 9.44. The van der Waals surface area contributed by atoms with Crippen molar-refractivity contribution >= 4 is 29.7 Å². The van der Waals surface area contributed by atoms with E-state index in [0.29, 0.717) is 17.6 Å². The zero-order chi connectivity index (χ0) is 17.9. The first kappa shape index (κ1) is 20.3. The molecule has 27 heavy (non-hydrogen) atoms. The van der Waals surface area contributed by atoms with Gasteiger partial charge in [0.25, 0.3) is 0 Å². The average Bonchev–Trinajstić information content (AvgIpc) is 3.39. The Morgan fingerprint density at radius 1 is 1.30 bits per heavy atom. The van der Waals surface area contributed by atoms with E-state index in [4.69, 9.17) is 4.52 Å². The van der Waals surface area contributed by atoms with Crippen molar-refractivity contribution in [1.82, 2.24) is 25.3 Å². The smallest absolute Gasteiger partial charge is 0.244 e. The number of aromatic nitrogens is 2. The lowest BCUT2D eigenvalue weighted by atomic mass is 9.96. The number of nitrogens with zero attached hydrogens (tertiary/aromatic N) is 4. The van der Waals surface area contributed by atoms with E-state index in [1.165, 1.54) is 0 Å². The lowest BCUT2D eigenvalue weighted by Crippen LogP contribution is -2.51. The van der Waals surface area contributed by atoms with E-state index in [1.807, 2.05) is 22.4 Å². The van der Waals surface area contributed by atoms with Gasteiger partial charge in [-0.25, -0.2) is 0 Å². The van der Waals surface area contributed by atoms with Gasteiger partial charge >= 0.3 is 0 Å². The van der Waals surface area contributed by atoms with Gasteiger partial charge in [-0.2, -0.15) is 4.98 Å². The number of carbonyl (C=O) groups excluding carboxylic acids is 1. The van der Waals surface area contributed by atoms with Crippen LogP contribution in [0.25, 0.3) is 10.7 Å². The van der Waals surface area contributed by atoms with Crippen LogP contribution in [0.15, 0.2) is 22.0 Å². The lowest BCUT2D eigenvalue weighted by Gasteiger charge is -2.38. The standard InChI is InChI=1S/C18H25N5O2S.ClH/c1-13(17-20-16(21-25-17)15-3-2-12-26-15)22-8-10-23(11-9-22)18(24)14-4-6-19-7-5-14;/h2-3,12-14,19H,4-11H2,1H3;1H. The Balaban J connectivity index is 0.00000210. The molecule has 2 aromatic heterocycles. The van der Waals surface area contributed by atoms with Gasteiger partial charge in [-0.1, -0.05) is 11.2 Å². The lowest BCUT2D eigenvalue weighted by molar-refractivity contribution is -0.138. The van der Waals surface area contributed by atoms with E-state index in [1.54, 1.807) is 11.3 Å². The molecule has 0 aliphatic carbocycles. The Morgan fingerprint density at radius 3 is 2.70 bits per heavy atom. The molecule has 0 aromatic carbocycles. The van der Waals surface area contributed by atoms with Crippen molar-refractivity contribution < 1.29 is 9.32 Å². The Labute approximate surface area is 169 Å². The number of amides is 1. The second kappa shape index (κ2) is 9.14. The van der Waals surface area contributed by atoms with Crippen LogP contribution in [0, 0.1) is 5.92 Å². The van der Waals surface area contributed by atoms with Crippen LogP contribution in [0.4, 0.5) is 0 Å². The number of halogens is 1. The van der Waals surface area contributed by atoms with E-state index in [2.05, 4.69) is 27.3 Å². The zero-order valence-electron chi connectivity index (χ0n) is 15.5. The van der Waals surface area contributed by atoms with E-state index in [0.717, 1.165) is 57.0 Å². The first-order chi connectivity index (χ1) is 12.7. The molecule has 0 spiro atoms. The van der Waals surface area contributed by atoms with E-state index in [9.17, 15) is 4.79 Å². The number of piperidine rings is 1. The van der Waals surface area contributed by atoms with Gasteiger partial charge in [0.1, 0.15) is 0 Å². The van der Waals surface area contributed by atoms with Crippen LogP contribution >= 0.6 is 23.7 Å². The minimum absolute atomic E-state index is 0. The van der Waals surface area contributed by atoms with Crippen LogP contribution in [0.5, 0.6) is 0 Å². The number of rotatable bonds is 4. The minimum Gasteiger partial charge on any atom is -0.340 e. The molecule has 148 valence electrons. The summed E-state index contributed by atoms with van der Waals surface area (Å²) in [6, 6.07) is 4.04. The van der Waals surface area contributed by atoms with Crippen LogP contribution in [0.1, 0.15) is 31.7 Å². The minimum atomic E-state index is 0. The fourth-order valence-electron chi connectivity index (χ4n) is 3.72. The summed E-state index contributed by atoms with van der Waals surface area (Å²) in [5.41, 5.74) is 0. The third-order valence-corrected chi connectivity index (χ3v) is 6.27. The molecule has 2 fully saturated rings. The highest BCUT2D eigenvalue weighted by Gasteiger charge is 2.31. The number of nitrogens with one attached hydrogen (secondary N) is 1. The number of piperazine rings is 1. The fraction of sp³-hybridized carbons (Fsp3) is 0.611. The summed E-state index contributed by atoms with van der Waals surface area (Å²) in [7, 11) is 0. The molecule has 1 unspecified atom stereocenters. The summed E-state index contributed by atoms with van der Waals surface area (Å²) >= 11 is 1.61. The number of carbonyl (C=O) groups is 1. The highest BCUT2D eigenvalue weighted by atomic mass is 35.5. The summed E-state index contributed by atoms with van der Waals surface area (Å²) in [5.74, 6) is 1.83. The fourth-order valence-corrected chi connectivity index (χ4v) is 4.37. The van der Waals surface area contributed by atoms with Crippen LogP contribution in [-0.4, -0.2) is 65.1 Å². The Kier molecular flexibility index (Phi) is 6.86. The van der Waals surface area contributed by atoms with Crippen molar-refractivity contribution in [3.05, 3.63) is 23.4 Å². The molecule has 0 saturated carbocycles. The molecule has 2 aliphatic rings. The van der Waals surface area contributed by atoms with E-state index >= 15 is 0 Å². The quantitative estimate of drug-likeness (QED) is 0.832. The summed E-state index contributed by atoms with van der Waals surface area (Å²) in [4.78, 5) is 22.6. The van der Waals surface area contributed by atoms with Crippen LogP contribution < -0.4 is 5.32 Å². The van der Waals surface area contributed by atoms with Gasteiger partial charge in [0.2, 0.25) is 17.6 Å². The summed E-state index contributed by atoms with van der Waals surface area (Å²) in [6.45, 7) is 7.24. The maximum atomic E-state index is 12.7. The molecule has 2 saturated heterocycles. The van der Waals surface area contributed by atoms with Crippen molar-refractivity contribution in [2.24, 2.45) is 5.92 Å². The van der Waals surface area contributed by atoms with Crippen LogP contribution in [0.2, 0.25) is 0 Å². The molecule has 1 atom stereocenters. The molecule has 2 aliphatic heterocycles. The molecule has 4 heterocycles. The maximum Gasteiger partial charge on any atom is 0.244 e. The molecule has 0 radical (unpaired) electrons. The second-order valence-corrected chi connectivity index (χ2v) is 7.94. The molecule has 1 amide bonds. The first-order valence-electron chi connectivity index (χ1n) is 9.33. The molecule has 4 rings (SSSR count). The highest BCUT2D eigenvalue weighted by molar-refractivity contribution is 7.13. The monoisotopic (exact) mass is 411 g/mol. The van der Waals surface area contributed by atoms with Gasteiger partial charge < -0.3 is 14.7 Å². The Morgan fingerprint density at radius 2 is 2.04 bits per heavy atom. The van der Waals surface area contributed by atoms with Gasteiger partial charge in [-0.15, -0.1) is 23.7 Å². The normalized spacial score (nSPS) is 20.3. The largest absolute Gasteiger partial charge is 0.340 e. The molecule has 7 nitrogen and oxygen atoms in total. The topological polar surface area (TPSA) is 74.5 Å². The van der Waals surface area contributed by atoms with Crippen molar-refractivity contribution in [2.45, 2.75) is 25.8 Å². The van der Waals surface area contributed by atoms with Gasteiger partial charge in [0, 0.05) is 32.1 Å². The van der Waals surface area contributed by atoms with Crippen molar-refractivity contribution in [1.29, 1.82) is 0 Å². The molecular weight excluding hydrogens is 386 g/mol. The SMILES string of the molecule is CC(c1nc(-c2cccs2)no1)N1CCN(C(=O)C2CCNCC2)CC1.Cl. The number of hydrogen-bond donors (Lipinski definition) is 1. The first-order valence-corrected chi connectivity index (χ1v) is 10.2. The van der Waals surface area contributed by atoms with Gasteiger partial charge in [0.05, 0.1) is 10.9 Å². The highest BCUT2D eigenvalue weighted by Crippen LogP contribution is 2.26. The van der Waals surface area contributed by atoms with Gasteiger partial charge in [-0.3, -0.25) is 9.69 Å². The van der Waals surface area contributed by atoms with Crippen LogP contribution in [-0.2, 0) is 4.79 Å². The third kappa shape index (κ3) is 4.51. The maximum absolute atomic E-state index is 12.7. The molecule has 9 heteroatoms. The van der Waals surface area contributed by atoms with Gasteiger partial charge in [0.15, 0.2) is 0 Å². The van der Waals surface area contributed by atoms with Crippen LogP contribution in [0.3, 0.4) is 0 Å². The molecule has 1 N–H and O–H groups in total. The predicted octanol–water partition coefficient (Wildman–Crippen LogP) is 2.42. The average molecular weight is 412 g/mol. The Hall–Kier alpha value is -1.48. The summed E-state index contributed by atoms with van der Waals surface area (Å²) < 4.78 is 5.49. The predicted molar refractivity (Wildman–Crippen MR) is 107 cm³/mol. The van der Waals surface area contributed by atoms with E-state index < -0.39 is 0 Å². The van der Waals surface area contributed by atoms with Gasteiger partial charge in [-0.05, 0) is 44.3 Å². The Bertz CT molecular complexity index is 724. The number of hydrogen-bond acceptors (Lipinski definition) is 7. The molecular formula is C18H26ClN5O2S. The molecule has 2 aromatic rings. The summed E-state index contributed by atoms with van der Waals surface area (Å²) in [6.07, 6.45) is 1.92. The van der Waals surface area contributed by atoms with Crippen molar-refractivity contribution in [2.75, 3.05) is 39.3 Å². The van der Waals surface area contributed by atoms with Crippen molar-refractivity contribution in [3.8, 4) is 10.7 Å². The second-order valence-electron chi connectivity index (χ2n) is 7.00.